The standard InChI is InChI=1S/C16H28N2O3/c17-9-11-1-3-12(4-2-11)14(19)13-5-7-16(10-18,8-6-13)15(20)21/h11-13H,1-10,17-18H2,(H,20,21)/t11-,12-,13-,16-. The highest BCUT2D eigenvalue weighted by Crippen LogP contribution is 2.41. The van der Waals surface area contributed by atoms with Crippen molar-refractivity contribution in [3.63, 3.8) is 0 Å². The molecule has 0 spiro atoms. The third-order valence-electron chi connectivity index (χ3n) is 5.77. The van der Waals surface area contributed by atoms with Crippen molar-refractivity contribution in [1.82, 2.24) is 0 Å². The Balaban J connectivity index is 1.87. The van der Waals surface area contributed by atoms with E-state index in [1.54, 1.807) is 0 Å². The zero-order valence-corrected chi connectivity index (χ0v) is 12.7. The first-order valence-corrected chi connectivity index (χ1v) is 8.19. The molecule has 0 aromatic rings. The molecule has 2 aliphatic carbocycles. The van der Waals surface area contributed by atoms with E-state index in [2.05, 4.69) is 0 Å². The minimum atomic E-state index is -0.806. The number of nitrogens with two attached hydrogens (primary N) is 2. The van der Waals surface area contributed by atoms with Crippen LogP contribution in [0, 0.1) is 23.2 Å². The minimum Gasteiger partial charge on any atom is -0.481 e. The van der Waals surface area contributed by atoms with Crippen LogP contribution >= 0.6 is 0 Å². The molecule has 5 heteroatoms. The van der Waals surface area contributed by atoms with Gasteiger partial charge in [0.15, 0.2) is 0 Å². The summed E-state index contributed by atoms with van der Waals surface area (Å²) in [5.41, 5.74) is 10.5. The summed E-state index contributed by atoms with van der Waals surface area (Å²) in [5, 5.41) is 9.34. The summed E-state index contributed by atoms with van der Waals surface area (Å²) in [7, 11) is 0. The molecule has 0 aliphatic heterocycles. The summed E-state index contributed by atoms with van der Waals surface area (Å²) < 4.78 is 0. The van der Waals surface area contributed by atoms with Crippen LogP contribution in [0.1, 0.15) is 51.4 Å². The van der Waals surface area contributed by atoms with Crippen molar-refractivity contribution >= 4 is 11.8 Å². The van der Waals surface area contributed by atoms with Gasteiger partial charge in [0.1, 0.15) is 5.78 Å². The lowest BCUT2D eigenvalue weighted by Crippen LogP contribution is -2.43. The van der Waals surface area contributed by atoms with E-state index in [-0.39, 0.29) is 18.4 Å². The Hall–Kier alpha value is -0.940. The first-order valence-electron chi connectivity index (χ1n) is 8.19. The molecule has 5 N–H and O–H groups in total. The largest absolute Gasteiger partial charge is 0.481 e. The SMILES string of the molecule is NC[C@H]1CC[C@H](C(=O)[C@H]2CC[C@](CN)(C(=O)O)CC2)CC1. The van der Waals surface area contributed by atoms with Gasteiger partial charge in [0, 0.05) is 18.4 Å². The van der Waals surface area contributed by atoms with Crippen LogP contribution in [0.25, 0.3) is 0 Å². The summed E-state index contributed by atoms with van der Waals surface area (Å²) in [6, 6.07) is 0. The highest BCUT2D eigenvalue weighted by molar-refractivity contribution is 5.84. The molecule has 0 saturated heterocycles. The maximum absolute atomic E-state index is 12.6. The van der Waals surface area contributed by atoms with E-state index >= 15 is 0 Å². The van der Waals surface area contributed by atoms with Crippen LogP contribution in [0.3, 0.4) is 0 Å². The minimum absolute atomic E-state index is 0.0449. The monoisotopic (exact) mass is 296 g/mol. The average Bonchev–Trinajstić information content (AvgIpc) is 2.54. The van der Waals surface area contributed by atoms with E-state index in [4.69, 9.17) is 11.5 Å². The van der Waals surface area contributed by atoms with Crippen LogP contribution in [0.4, 0.5) is 0 Å². The second kappa shape index (κ2) is 6.88. The van der Waals surface area contributed by atoms with Gasteiger partial charge in [-0.25, -0.2) is 0 Å². The van der Waals surface area contributed by atoms with Crippen molar-refractivity contribution in [1.29, 1.82) is 0 Å². The van der Waals surface area contributed by atoms with Crippen LogP contribution in [-0.2, 0) is 9.59 Å². The van der Waals surface area contributed by atoms with E-state index in [0.717, 1.165) is 32.2 Å². The maximum Gasteiger partial charge on any atom is 0.310 e. The molecule has 0 radical (unpaired) electrons. The fourth-order valence-corrected chi connectivity index (χ4v) is 3.98. The Bertz CT molecular complexity index is 381. The molecule has 21 heavy (non-hydrogen) atoms. The first-order chi connectivity index (χ1) is 10.0. The van der Waals surface area contributed by atoms with Gasteiger partial charge in [-0.1, -0.05) is 0 Å². The third-order valence-corrected chi connectivity index (χ3v) is 5.77. The van der Waals surface area contributed by atoms with Crippen molar-refractivity contribution in [3.05, 3.63) is 0 Å². The van der Waals surface area contributed by atoms with Gasteiger partial charge in [-0.15, -0.1) is 0 Å². The van der Waals surface area contributed by atoms with Gasteiger partial charge in [-0.05, 0) is 63.8 Å². The zero-order valence-electron chi connectivity index (χ0n) is 12.7. The normalized spacial score (nSPS) is 37.1. The lowest BCUT2D eigenvalue weighted by atomic mass is 9.67. The highest BCUT2D eigenvalue weighted by atomic mass is 16.4. The van der Waals surface area contributed by atoms with Crippen molar-refractivity contribution in [2.45, 2.75) is 51.4 Å². The lowest BCUT2D eigenvalue weighted by Gasteiger charge is -2.37. The van der Waals surface area contributed by atoms with Crippen LogP contribution in [-0.4, -0.2) is 29.9 Å². The molecule has 2 saturated carbocycles. The Morgan fingerprint density at radius 3 is 1.90 bits per heavy atom. The summed E-state index contributed by atoms with van der Waals surface area (Å²) in [4.78, 5) is 24.0. The Kier molecular flexibility index (Phi) is 5.38. The number of hydrogen-bond donors (Lipinski definition) is 3. The maximum atomic E-state index is 12.6. The molecule has 0 aromatic carbocycles. The Morgan fingerprint density at radius 2 is 1.48 bits per heavy atom. The summed E-state index contributed by atoms with van der Waals surface area (Å²) in [6.45, 7) is 0.896. The van der Waals surface area contributed by atoms with Gasteiger partial charge in [0.2, 0.25) is 0 Å². The number of carbonyl (C=O) groups is 2. The molecule has 0 heterocycles. The molecule has 5 nitrogen and oxygen atoms in total. The van der Waals surface area contributed by atoms with Gasteiger partial charge in [0.05, 0.1) is 5.41 Å². The van der Waals surface area contributed by atoms with Crippen molar-refractivity contribution in [2.75, 3.05) is 13.1 Å². The van der Waals surface area contributed by atoms with Gasteiger partial charge in [-0.2, -0.15) is 0 Å². The quantitative estimate of drug-likeness (QED) is 0.713. The summed E-state index contributed by atoms with van der Waals surface area (Å²) in [6.07, 6.45) is 6.46. The van der Waals surface area contributed by atoms with Gasteiger partial charge in [-0.3, -0.25) is 9.59 Å². The smallest absolute Gasteiger partial charge is 0.310 e. The fraction of sp³-hybridized carbons (Fsp3) is 0.875. The van der Waals surface area contributed by atoms with Crippen LogP contribution in [0.15, 0.2) is 0 Å². The van der Waals surface area contributed by atoms with E-state index in [1.165, 1.54) is 0 Å². The topological polar surface area (TPSA) is 106 Å². The molecule has 0 bridgehead atoms. The highest BCUT2D eigenvalue weighted by Gasteiger charge is 2.43. The van der Waals surface area contributed by atoms with E-state index in [1.807, 2.05) is 0 Å². The van der Waals surface area contributed by atoms with Crippen molar-refractivity contribution in [2.24, 2.45) is 34.6 Å². The number of Topliss-reactive ketones (excluding diaryl/α,β-unsaturated/α-hetero) is 1. The molecule has 2 fully saturated rings. The van der Waals surface area contributed by atoms with E-state index < -0.39 is 11.4 Å². The number of carbonyl (C=O) groups excluding carboxylic acids is 1. The molecule has 2 aliphatic rings. The molecule has 0 unspecified atom stereocenters. The molecule has 0 atom stereocenters. The predicted molar refractivity (Wildman–Crippen MR) is 80.6 cm³/mol. The predicted octanol–water partition coefficient (Wildman–Crippen LogP) is 1.54. The number of aliphatic carboxylic acids is 1. The first kappa shape index (κ1) is 16.4. The average molecular weight is 296 g/mol. The molecule has 0 aromatic heterocycles. The number of carboxylic acid groups (broad SMARTS) is 1. The molecular weight excluding hydrogens is 268 g/mol. The number of carboxylic acids is 1. The van der Waals surface area contributed by atoms with Gasteiger partial charge < -0.3 is 16.6 Å². The van der Waals surface area contributed by atoms with Crippen molar-refractivity contribution in [3.8, 4) is 0 Å². The third kappa shape index (κ3) is 3.46. The summed E-state index contributed by atoms with van der Waals surface area (Å²) in [5.74, 6) is 0.356. The Morgan fingerprint density at radius 1 is 0.952 bits per heavy atom. The van der Waals surface area contributed by atoms with Crippen LogP contribution < -0.4 is 11.5 Å². The second-order valence-electron chi connectivity index (χ2n) is 6.92. The molecule has 120 valence electrons. The van der Waals surface area contributed by atoms with E-state index in [0.29, 0.717) is 37.4 Å². The second-order valence-corrected chi connectivity index (χ2v) is 6.92. The Labute approximate surface area is 126 Å². The van der Waals surface area contributed by atoms with Gasteiger partial charge in [0.25, 0.3) is 0 Å². The number of rotatable bonds is 5. The molecule has 2 rings (SSSR count). The lowest BCUT2D eigenvalue weighted by molar-refractivity contribution is -0.152. The van der Waals surface area contributed by atoms with E-state index in [9.17, 15) is 14.7 Å². The fourth-order valence-electron chi connectivity index (χ4n) is 3.98. The zero-order chi connectivity index (χ0) is 15.5. The van der Waals surface area contributed by atoms with Crippen molar-refractivity contribution < 1.29 is 14.7 Å². The number of hydrogen-bond acceptors (Lipinski definition) is 4. The molecular formula is C16H28N2O3. The van der Waals surface area contributed by atoms with Crippen LogP contribution in [0.5, 0.6) is 0 Å². The summed E-state index contributed by atoms with van der Waals surface area (Å²) >= 11 is 0. The number of ketones is 1. The van der Waals surface area contributed by atoms with Gasteiger partial charge >= 0.3 is 5.97 Å². The molecule has 0 amide bonds. The van der Waals surface area contributed by atoms with Crippen LogP contribution in [0.2, 0.25) is 0 Å².